The monoisotopic (exact) mass is 211 g/mol. The van der Waals surface area contributed by atoms with Gasteiger partial charge in [0.1, 0.15) is 10.7 Å². The number of carboxylic acids is 1. The molecule has 1 aromatic carbocycles. The zero-order valence-corrected chi connectivity index (χ0v) is 8.07. The van der Waals surface area contributed by atoms with E-state index in [4.69, 9.17) is 15.6 Å². The summed E-state index contributed by atoms with van der Waals surface area (Å²) >= 11 is 3.68. The average Bonchev–Trinajstić information content (AvgIpc) is 2.18. The van der Waals surface area contributed by atoms with E-state index in [1.165, 1.54) is 0 Å². The van der Waals surface area contributed by atoms with Crippen molar-refractivity contribution in [2.24, 2.45) is 5.73 Å². The molecule has 0 heterocycles. The lowest BCUT2D eigenvalue weighted by atomic mass is 10.3. The second-order valence-corrected chi connectivity index (χ2v) is 2.88. The zero-order valence-electron chi connectivity index (χ0n) is 7.18. The van der Waals surface area contributed by atoms with Crippen molar-refractivity contribution in [3.05, 3.63) is 41.1 Å². The lowest BCUT2D eigenvalue weighted by Gasteiger charge is -2.05. The van der Waals surface area contributed by atoms with Gasteiger partial charge in [0.15, 0.2) is 0 Å². The Hall–Kier alpha value is -1.62. The molecule has 3 N–H and O–H groups in total. The fourth-order valence-electron chi connectivity index (χ4n) is 0.769. The van der Waals surface area contributed by atoms with E-state index >= 15 is 0 Å². The Morgan fingerprint density at radius 2 is 1.93 bits per heavy atom. The van der Waals surface area contributed by atoms with Gasteiger partial charge in [-0.15, -0.1) is 12.6 Å². The number of benzene rings is 1. The summed E-state index contributed by atoms with van der Waals surface area (Å²) in [4.78, 5) is 10.1. The predicted octanol–water partition coefficient (Wildman–Crippen LogP) is 1.21. The number of ether oxygens (including phenoxy) is 1. The van der Waals surface area contributed by atoms with Crippen LogP contribution in [0.1, 0.15) is 0 Å². The molecule has 1 aromatic rings. The molecule has 4 nitrogen and oxygen atoms in total. The number of hydrogen-bond acceptors (Lipinski definition) is 4. The molecular formula is C9H9NO3S. The number of hydrogen-bond donors (Lipinski definition) is 3. The first-order valence-electron chi connectivity index (χ1n) is 3.76. The van der Waals surface area contributed by atoms with Crippen LogP contribution >= 0.6 is 12.6 Å². The molecule has 14 heavy (non-hydrogen) atoms. The molecule has 0 unspecified atom stereocenters. The molecule has 0 aliphatic heterocycles. The zero-order chi connectivity index (χ0) is 10.6. The topological polar surface area (TPSA) is 72.5 Å². The summed E-state index contributed by atoms with van der Waals surface area (Å²) in [6.07, 6.45) is 0. The van der Waals surface area contributed by atoms with Crippen molar-refractivity contribution in [3.8, 4) is 5.75 Å². The summed E-state index contributed by atoms with van der Waals surface area (Å²) in [5.41, 5.74) is 5.35. The molecule has 0 amide bonds. The molecule has 0 fully saturated rings. The minimum absolute atomic E-state index is 0.230. The summed E-state index contributed by atoms with van der Waals surface area (Å²) in [5.74, 6) is -0.980. The highest BCUT2D eigenvalue weighted by molar-refractivity contribution is 7.85. The highest BCUT2D eigenvalue weighted by Gasteiger charge is 2.08. The molecule has 0 saturated heterocycles. The molecule has 1 rings (SSSR count). The molecule has 5 heteroatoms. The van der Waals surface area contributed by atoms with Crippen LogP contribution in [-0.2, 0) is 4.79 Å². The van der Waals surface area contributed by atoms with Gasteiger partial charge in [0.25, 0.3) is 0 Å². The Morgan fingerprint density at radius 1 is 1.36 bits per heavy atom. The Morgan fingerprint density at radius 3 is 2.43 bits per heavy atom. The third kappa shape index (κ3) is 2.70. The number of thiol groups is 1. The van der Waals surface area contributed by atoms with Crippen LogP contribution in [0.4, 0.5) is 0 Å². The first kappa shape index (κ1) is 10.5. The van der Waals surface area contributed by atoms with E-state index in [0.717, 1.165) is 0 Å². The summed E-state index contributed by atoms with van der Waals surface area (Å²) < 4.78 is 5.04. The van der Waals surface area contributed by atoms with Gasteiger partial charge in [-0.1, -0.05) is 18.2 Å². The molecule has 0 aliphatic carbocycles. The molecule has 0 aromatic heterocycles. The van der Waals surface area contributed by atoms with Crippen LogP contribution in [0.15, 0.2) is 41.1 Å². The van der Waals surface area contributed by atoms with Crippen molar-refractivity contribution < 1.29 is 14.6 Å². The molecular weight excluding hydrogens is 202 g/mol. The van der Waals surface area contributed by atoms with E-state index in [2.05, 4.69) is 12.6 Å². The third-order valence-electron chi connectivity index (χ3n) is 1.41. The van der Waals surface area contributed by atoms with E-state index in [9.17, 15) is 4.79 Å². The van der Waals surface area contributed by atoms with Crippen LogP contribution in [-0.4, -0.2) is 11.1 Å². The van der Waals surface area contributed by atoms with Crippen LogP contribution in [0.2, 0.25) is 0 Å². The molecule has 0 bridgehead atoms. The molecule has 0 spiro atoms. The van der Waals surface area contributed by atoms with Crippen LogP contribution in [0, 0.1) is 0 Å². The summed E-state index contributed by atoms with van der Waals surface area (Å²) in [7, 11) is 0. The smallest absolute Gasteiger partial charge is 0.347 e. The number of aliphatic carboxylic acids is 1. The summed E-state index contributed by atoms with van der Waals surface area (Å²) in [6.45, 7) is 0. The summed E-state index contributed by atoms with van der Waals surface area (Å²) in [5, 5.41) is 8.54. The highest BCUT2D eigenvalue weighted by atomic mass is 32.1. The standard InChI is InChI=1S/C9H9NO3S/c10-8(7(14)9(11)12)13-6-4-2-1-3-5-6/h1-5,14H,10H2,(H,11,12). The normalized spacial score (nSPS) is 11.8. The predicted molar refractivity (Wildman–Crippen MR) is 54.9 cm³/mol. The van der Waals surface area contributed by atoms with Crippen molar-refractivity contribution in [2.75, 3.05) is 0 Å². The molecule has 0 aliphatic rings. The van der Waals surface area contributed by atoms with Gasteiger partial charge >= 0.3 is 5.97 Å². The molecule has 0 saturated carbocycles. The van der Waals surface area contributed by atoms with Gasteiger partial charge in [-0.2, -0.15) is 0 Å². The fourth-order valence-corrected chi connectivity index (χ4v) is 0.815. The van der Waals surface area contributed by atoms with Crippen molar-refractivity contribution in [1.29, 1.82) is 0 Å². The Balaban J connectivity index is 2.80. The summed E-state index contributed by atoms with van der Waals surface area (Å²) in [6, 6.07) is 8.64. The number of rotatable bonds is 3. The second kappa shape index (κ2) is 4.57. The maximum atomic E-state index is 10.4. The second-order valence-electron chi connectivity index (χ2n) is 2.43. The number of carbonyl (C=O) groups is 1. The Bertz CT molecular complexity index is 362. The van der Waals surface area contributed by atoms with Gasteiger partial charge in [-0.3, -0.25) is 0 Å². The van der Waals surface area contributed by atoms with Crippen molar-refractivity contribution in [1.82, 2.24) is 0 Å². The maximum Gasteiger partial charge on any atom is 0.347 e. The van der Waals surface area contributed by atoms with Gasteiger partial charge < -0.3 is 15.6 Å². The minimum atomic E-state index is -1.22. The first-order chi connectivity index (χ1) is 6.61. The van der Waals surface area contributed by atoms with Crippen LogP contribution < -0.4 is 10.5 Å². The Labute approximate surface area is 86.4 Å². The van der Waals surface area contributed by atoms with Crippen LogP contribution in [0.25, 0.3) is 0 Å². The van der Waals surface area contributed by atoms with Gasteiger partial charge in [0, 0.05) is 0 Å². The number of carboxylic acid groups (broad SMARTS) is 1. The van der Waals surface area contributed by atoms with E-state index in [0.29, 0.717) is 5.75 Å². The first-order valence-corrected chi connectivity index (χ1v) is 4.21. The van der Waals surface area contributed by atoms with Gasteiger partial charge in [0.05, 0.1) is 0 Å². The highest BCUT2D eigenvalue weighted by Crippen LogP contribution is 2.13. The average molecular weight is 211 g/mol. The van der Waals surface area contributed by atoms with Gasteiger partial charge in [0.2, 0.25) is 5.88 Å². The number of para-hydroxylation sites is 1. The van der Waals surface area contributed by atoms with Crippen molar-refractivity contribution in [3.63, 3.8) is 0 Å². The van der Waals surface area contributed by atoms with E-state index in [1.807, 2.05) is 6.07 Å². The third-order valence-corrected chi connectivity index (χ3v) is 1.82. The lowest BCUT2D eigenvalue weighted by molar-refractivity contribution is -0.131. The quantitative estimate of drug-likeness (QED) is 0.399. The van der Waals surface area contributed by atoms with Crippen LogP contribution in [0.5, 0.6) is 5.75 Å². The maximum absolute atomic E-state index is 10.4. The number of nitrogens with two attached hydrogens (primary N) is 1. The van der Waals surface area contributed by atoms with Crippen molar-refractivity contribution >= 4 is 18.6 Å². The van der Waals surface area contributed by atoms with Gasteiger partial charge in [-0.25, -0.2) is 4.79 Å². The minimum Gasteiger partial charge on any atom is -0.477 e. The Kier molecular flexibility index (Phi) is 3.41. The van der Waals surface area contributed by atoms with E-state index in [1.54, 1.807) is 24.3 Å². The largest absolute Gasteiger partial charge is 0.477 e. The fraction of sp³-hybridized carbons (Fsp3) is 0. The lowest BCUT2D eigenvalue weighted by Crippen LogP contribution is -2.12. The molecule has 74 valence electrons. The van der Waals surface area contributed by atoms with Gasteiger partial charge in [-0.05, 0) is 12.1 Å². The molecule has 0 atom stereocenters. The van der Waals surface area contributed by atoms with E-state index in [-0.39, 0.29) is 10.8 Å². The van der Waals surface area contributed by atoms with Crippen LogP contribution in [0.3, 0.4) is 0 Å². The van der Waals surface area contributed by atoms with E-state index < -0.39 is 5.97 Å². The SMILES string of the molecule is NC(Oc1ccccc1)=C(S)C(=O)O. The molecule has 0 radical (unpaired) electrons. The van der Waals surface area contributed by atoms with Crippen molar-refractivity contribution in [2.45, 2.75) is 0 Å².